The molecule has 0 spiro atoms. The largest absolute Gasteiger partial charge is 0.508 e. The summed E-state index contributed by atoms with van der Waals surface area (Å²) in [5, 5.41) is 15.5. The van der Waals surface area contributed by atoms with E-state index in [2.05, 4.69) is 29.6 Å². The van der Waals surface area contributed by atoms with Gasteiger partial charge in [-0.15, -0.1) is 6.42 Å². The van der Waals surface area contributed by atoms with Crippen LogP contribution in [0.3, 0.4) is 0 Å². The van der Waals surface area contributed by atoms with Gasteiger partial charge in [-0.2, -0.15) is 9.97 Å². The van der Waals surface area contributed by atoms with Crippen molar-refractivity contribution in [2.75, 3.05) is 63.3 Å². The number of phenolic OH excluding ortho intramolecular Hbond substituents is 1. The number of likely N-dealkylation sites (tertiary alicyclic amines) is 1. The van der Waals surface area contributed by atoms with Crippen LogP contribution in [0.15, 0.2) is 36.9 Å². The number of aromatic hydroxyl groups is 1. The molecule has 3 fully saturated rings. The number of nitrogens with zero attached hydrogens (tertiary/aromatic N) is 5. The molecule has 1 aliphatic carbocycles. The molecule has 3 aromatic rings. The number of carbonyl (C=O) groups excluding carboxylic acids is 1. The molecule has 1 amide bonds. The van der Waals surface area contributed by atoms with Crippen molar-refractivity contribution in [3.05, 3.63) is 59.6 Å². The fourth-order valence-corrected chi connectivity index (χ4v) is 8.94. The lowest BCUT2D eigenvalue weighted by molar-refractivity contribution is -0.129. The molecule has 282 valence electrons. The van der Waals surface area contributed by atoms with Crippen LogP contribution in [0.2, 0.25) is 0 Å². The molecule has 0 bridgehead atoms. The van der Waals surface area contributed by atoms with Gasteiger partial charge in [-0.05, 0) is 68.5 Å². The Bertz CT molecular complexity index is 1910. The topological polar surface area (TPSA) is 103 Å². The monoisotopic (exact) mass is 728 g/mol. The summed E-state index contributed by atoms with van der Waals surface area (Å²) in [5.74, 6) is 3.00. The number of aromatic nitrogens is 2. The first-order valence-corrected chi connectivity index (χ1v) is 18.8. The summed E-state index contributed by atoms with van der Waals surface area (Å²) in [4.78, 5) is 28.7. The lowest BCUT2D eigenvalue weighted by Gasteiger charge is -2.39. The summed E-state index contributed by atoms with van der Waals surface area (Å²) in [6.07, 6.45) is 12.8. The van der Waals surface area contributed by atoms with E-state index in [1.807, 2.05) is 11.9 Å². The number of phenols is 1. The molecule has 12 heteroatoms. The lowest BCUT2D eigenvalue weighted by atomic mass is 9.94. The number of likely N-dealkylation sites (N-methyl/N-ethyl adjacent to an activating group) is 1. The van der Waals surface area contributed by atoms with E-state index in [0.717, 1.165) is 63.8 Å². The van der Waals surface area contributed by atoms with Gasteiger partial charge >= 0.3 is 6.01 Å². The third-order valence-corrected chi connectivity index (χ3v) is 12.1. The molecule has 10 nitrogen and oxygen atoms in total. The quantitative estimate of drug-likeness (QED) is 0.182. The van der Waals surface area contributed by atoms with Gasteiger partial charge in [0.2, 0.25) is 5.91 Å². The average Bonchev–Trinajstić information content (AvgIpc) is 3.76. The molecule has 2 atom stereocenters. The second-order valence-corrected chi connectivity index (χ2v) is 15.5. The van der Waals surface area contributed by atoms with Gasteiger partial charge in [-0.25, -0.2) is 8.78 Å². The Morgan fingerprint density at radius 2 is 2.04 bits per heavy atom. The number of nitrogens with one attached hydrogen (secondary N) is 1. The van der Waals surface area contributed by atoms with Crippen LogP contribution < -0.4 is 15.0 Å². The van der Waals surface area contributed by atoms with Crippen LogP contribution >= 0.6 is 0 Å². The SMILES string of the molecule is C#Cc1c(F)ccc2cc(O)cc(N3CCc4c(nc(OC[C@]5(C)C[C@@H](F)CN5CC5CCOCC5)nc4NCC4(N(C)C(=O)C=C)CCCC4)C3)c12. The fourth-order valence-electron chi connectivity index (χ4n) is 8.94. The van der Waals surface area contributed by atoms with Crippen LogP contribution in [0.4, 0.5) is 20.3 Å². The predicted octanol–water partition coefficient (Wildman–Crippen LogP) is 6.00. The van der Waals surface area contributed by atoms with Crippen molar-refractivity contribution in [1.29, 1.82) is 0 Å². The van der Waals surface area contributed by atoms with Crippen LogP contribution in [-0.4, -0.2) is 101 Å². The highest BCUT2D eigenvalue weighted by atomic mass is 19.1. The van der Waals surface area contributed by atoms with Crippen molar-refractivity contribution in [2.45, 2.75) is 82.1 Å². The maximum absolute atomic E-state index is 15.0. The molecule has 53 heavy (non-hydrogen) atoms. The number of anilines is 2. The molecule has 0 radical (unpaired) electrons. The van der Waals surface area contributed by atoms with Gasteiger partial charge in [0.25, 0.3) is 0 Å². The highest BCUT2D eigenvalue weighted by Crippen LogP contribution is 2.40. The van der Waals surface area contributed by atoms with E-state index >= 15 is 4.39 Å². The zero-order valence-corrected chi connectivity index (χ0v) is 30.8. The van der Waals surface area contributed by atoms with Gasteiger partial charge in [-0.1, -0.05) is 31.4 Å². The molecule has 7 rings (SSSR count). The zero-order chi connectivity index (χ0) is 37.3. The van der Waals surface area contributed by atoms with Crippen molar-refractivity contribution in [2.24, 2.45) is 5.92 Å². The molecule has 2 N–H and O–H groups in total. The van der Waals surface area contributed by atoms with E-state index < -0.39 is 23.1 Å². The molecule has 0 unspecified atom stereocenters. The Morgan fingerprint density at radius 3 is 2.77 bits per heavy atom. The van der Waals surface area contributed by atoms with Crippen molar-refractivity contribution in [1.82, 2.24) is 19.8 Å². The van der Waals surface area contributed by atoms with Gasteiger partial charge in [0.05, 0.1) is 28.9 Å². The summed E-state index contributed by atoms with van der Waals surface area (Å²) in [5.41, 5.74) is 1.43. The van der Waals surface area contributed by atoms with Crippen LogP contribution in [-0.2, 0) is 22.5 Å². The number of hydrogen-bond donors (Lipinski definition) is 2. The van der Waals surface area contributed by atoms with E-state index in [4.69, 9.17) is 25.9 Å². The average molecular weight is 729 g/mol. The maximum Gasteiger partial charge on any atom is 0.318 e. The van der Waals surface area contributed by atoms with Gasteiger partial charge in [-0.3, -0.25) is 9.69 Å². The summed E-state index contributed by atoms with van der Waals surface area (Å²) >= 11 is 0. The van der Waals surface area contributed by atoms with E-state index in [9.17, 15) is 14.3 Å². The molecule has 2 aromatic carbocycles. The second kappa shape index (κ2) is 15.1. The number of carbonyl (C=O) groups is 1. The Labute approximate surface area is 310 Å². The maximum atomic E-state index is 15.0. The standard InChI is InChI=1S/C41H50F2N6O4/c1-5-31-33(43)10-9-28-19-30(50)20-35(37(28)31)48-16-11-32-34(24-48)45-39(46-38(32)44-25-41(14-7-8-15-41)47(4)36(51)6-2)53-26-40(3)21-29(42)23-49(40)22-27-12-17-52-18-13-27/h1,6,9-10,19-20,27,29,50H,2,7-8,11-18,21-26H2,3-4H3,(H,44,45,46)/t29-,40+/m1/s1. The minimum Gasteiger partial charge on any atom is -0.508 e. The second-order valence-electron chi connectivity index (χ2n) is 15.5. The molecule has 2 saturated heterocycles. The highest BCUT2D eigenvalue weighted by molar-refractivity contribution is 6.00. The fraction of sp³-hybridized carbons (Fsp3) is 0.537. The Hall–Kier alpha value is -4.47. The highest BCUT2D eigenvalue weighted by Gasteiger charge is 2.44. The normalized spacial score (nSPS) is 23.1. The predicted molar refractivity (Wildman–Crippen MR) is 201 cm³/mol. The molecule has 4 aliphatic rings. The number of hydrogen-bond acceptors (Lipinski definition) is 9. The Morgan fingerprint density at radius 1 is 1.26 bits per heavy atom. The number of alkyl halides is 1. The number of benzene rings is 2. The van der Waals surface area contributed by atoms with Gasteiger partial charge in [0.1, 0.15) is 30.2 Å². The lowest BCUT2D eigenvalue weighted by Crippen LogP contribution is -2.51. The van der Waals surface area contributed by atoms with Crippen molar-refractivity contribution in [3.63, 3.8) is 0 Å². The first-order chi connectivity index (χ1) is 25.5. The number of terminal acetylenes is 1. The molecular weight excluding hydrogens is 678 g/mol. The van der Waals surface area contributed by atoms with E-state index in [-0.39, 0.29) is 29.8 Å². The third kappa shape index (κ3) is 7.38. The molecular formula is C41H50F2N6O4. The van der Waals surface area contributed by atoms with Gasteiger partial charge < -0.3 is 29.7 Å². The number of fused-ring (bicyclic) bond motifs is 2. The third-order valence-electron chi connectivity index (χ3n) is 12.1. The van der Waals surface area contributed by atoms with E-state index in [1.165, 1.54) is 12.1 Å². The van der Waals surface area contributed by atoms with Crippen LogP contribution in [0, 0.1) is 24.1 Å². The number of halogens is 2. The first-order valence-electron chi connectivity index (χ1n) is 18.8. The smallest absolute Gasteiger partial charge is 0.318 e. The molecule has 3 aliphatic heterocycles. The summed E-state index contributed by atoms with van der Waals surface area (Å²) in [6.45, 7) is 9.92. The van der Waals surface area contributed by atoms with Crippen LogP contribution in [0.5, 0.6) is 11.8 Å². The number of ether oxygens (including phenoxy) is 2. The number of amides is 1. The Kier molecular flexibility index (Phi) is 10.5. The van der Waals surface area contributed by atoms with Crippen molar-refractivity contribution in [3.8, 4) is 24.1 Å². The van der Waals surface area contributed by atoms with Crippen LogP contribution in [0.25, 0.3) is 10.8 Å². The minimum absolute atomic E-state index is 0.0447. The van der Waals surface area contributed by atoms with Gasteiger partial charge in [0, 0.05) is 75.6 Å². The molecule has 1 saturated carbocycles. The van der Waals surface area contributed by atoms with E-state index in [1.54, 1.807) is 23.1 Å². The molecule has 1 aromatic heterocycles. The number of rotatable bonds is 11. The summed E-state index contributed by atoms with van der Waals surface area (Å²) < 4.78 is 42.0. The minimum atomic E-state index is -0.952. The Balaban J connectivity index is 1.21. The van der Waals surface area contributed by atoms with Crippen LogP contribution in [0.1, 0.15) is 68.7 Å². The zero-order valence-electron chi connectivity index (χ0n) is 30.8. The van der Waals surface area contributed by atoms with E-state index in [0.29, 0.717) is 72.9 Å². The summed E-state index contributed by atoms with van der Waals surface area (Å²) in [7, 11) is 1.83. The van der Waals surface area contributed by atoms with Crippen molar-refractivity contribution >= 4 is 28.2 Å². The first kappa shape index (κ1) is 36.9. The van der Waals surface area contributed by atoms with Gasteiger partial charge in [0.15, 0.2) is 0 Å². The summed E-state index contributed by atoms with van der Waals surface area (Å²) in [6, 6.07) is 6.31. The molecule has 4 heterocycles. The van der Waals surface area contributed by atoms with Crippen molar-refractivity contribution < 1.29 is 28.2 Å².